The van der Waals surface area contributed by atoms with Gasteiger partial charge in [-0.3, -0.25) is 15.5 Å². The summed E-state index contributed by atoms with van der Waals surface area (Å²) in [7, 11) is 1.49. The van der Waals surface area contributed by atoms with Gasteiger partial charge in [-0.15, -0.1) is 0 Å². The number of hydrogen-bond donors (Lipinski definition) is 1. The highest BCUT2D eigenvalue weighted by atomic mass is 35.5. The van der Waals surface area contributed by atoms with Crippen LogP contribution in [0.5, 0.6) is 11.5 Å². The van der Waals surface area contributed by atoms with Crippen LogP contribution >= 0.6 is 11.6 Å². The molecule has 0 bridgehead atoms. The average molecular weight is 430 g/mol. The number of hydrazone groups is 1. The number of non-ortho nitro benzene ring substituents is 1. The number of methoxy groups -OCH3 is 1. The number of hydrogen-bond acceptors (Lipinski definition) is 6. The number of nitro benzene ring substituents is 1. The van der Waals surface area contributed by atoms with Gasteiger partial charge in [-0.1, -0.05) is 29.8 Å². The Morgan fingerprint density at radius 3 is 2.70 bits per heavy atom. The zero-order valence-corrected chi connectivity index (χ0v) is 16.6. The lowest BCUT2D eigenvalue weighted by atomic mass is 10.2. The molecule has 0 aliphatic rings. The Morgan fingerprint density at radius 2 is 1.97 bits per heavy atom. The van der Waals surface area contributed by atoms with Gasteiger partial charge in [-0.05, 0) is 30.3 Å². The van der Waals surface area contributed by atoms with Crippen LogP contribution in [0.2, 0.25) is 5.02 Å². The summed E-state index contributed by atoms with van der Waals surface area (Å²) in [5, 5.41) is 15.2. The molecule has 0 atom stereocenters. The molecule has 0 aliphatic heterocycles. The first-order valence-electron chi connectivity index (χ1n) is 8.76. The minimum atomic E-state index is -0.489. The molecule has 0 radical (unpaired) electrons. The first-order chi connectivity index (χ1) is 14.5. The maximum absolute atomic E-state index is 14.0. The van der Waals surface area contributed by atoms with E-state index in [4.69, 9.17) is 21.1 Å². The highest BCUT2D eigenvalue weighted by Crippen LogP contribution is 2.32. The summed E-state index contributed by atoms with van der Waals surface area (Å²) in [5.74, 6) is 0.311. The number of benzene rings is 3. The third-order valence-corrected chi connectivity index (χ3v) is 4.46. The number of para-hydroxylation sites is 1. The summed E-state index contributed by atoms with van der Waals surface area (Å²) < 4.78 is 25.2. The molecule has 154 valence electrons. The van der Waals surface area contributed by atoms with Gasteiger partial charge in [-0.2, -0.15) is 5.10 Å². The van der Waals surface area contributed by atoms with Crippen molar-refractivity contribution in [1.82, 2.24) is 0 Å². The topological polar surface area (TPSA) is 86.0 Å². The fraction of sp³-hybridized carbons (Fsp3) is 0.0952. The number of nitro groups is 1. The van der Waals surface area contributed by atoms with Gasteiger partial charge in [0.1, 0.15) is 12.4 Å². The second-order valence-electron chi connectivity index (χ2n) is 6.04. The lowest BCUT2D eigenvalue weighted by Crippen LogP contribution is -2.03. The standard InChI is InChI=1S/C21H17ClFN3O4/c1-29-20-10-2-5-14(12-24-25-15-6-3-7-16(11-15)26(27)28)21(20)30-13-17-18(22)8-4-9-19(17)23/h2-12,25H,13H2,1H3. The summed E-state index contributed by atoms with van der Waals surface area (Å²) in [6, 6.07) is 15.5. The summed E-state index contributed by atoms with van der Waals surface area (Å²) >= 11 is 6.06. The Kier molecular flexibility index (Phi) is 6.82. The van der Waals surface area contributed by atoms with Gasteiger partial charge < -0.3 is 9.47 Å². The van der Waals surface area contributed by atoms with E-state index in [9.17, 15) is 14.5 Å². The van der Waals surface area contributed by atoms with Gasteiger partial charge in [0.15, 0.2) is 11.5 Å². The van der Waals surface area contributed by atoms with Crippen LogP contribution in [0.25, 0.3) is 0 Å². The van der Waals surface area contributed by atoms with E-state index in [2.05, 4.69) is 10.5 Å². The van der Waals surface area contributed by atoms with Gasteiger partial charge in [0.2, 0.25) is 0 Å². The summed E-state index contributed by atoms with van der Waals surface area (Å²) in [4.78, 5) is 10.4. The van der Waals surface area contributed by atoms with E-state index in [1.165, 1.54) is 37.6 Å². The molecule has 0 heterocycles. The number of anilines is 1. The van der Waals surface area contributed by atoms with Crippen molar-refractivity contribution >= 4 is 29.2 Å². The number of rotatable bonds is 8. The predicted octanol–water partition coefficient (Wildman–Crippen LogP) is 5.42. The Bertz CT molecular complexity index is 1070. The number of nitrogens with one attached hydrogen (secondary N) is 1. The minimum Gasteiger partial charge on any atom is -0.493 e. The van der Waals surface area contributed by atoms with Crippen LogP contribution in [-0.4, -0.2) is 18.2 Å². The van der Waals surface area contributed by atoms with E-state index in [1.54, 1.807) is 36.4 Å². The second kappa shape index (κ2) is 9.71. The first kappa shape index (κ1) is 21.1. The molecule has 30 heavy (non-hydrogen) atoms. The van der Waals surface area contributed by atoms with Crippen LogP contribution in [0.15, 0.2) is 65.8 Å². The quantitative estimate of drug-likeness (QED) is 0.293. The normalized spacial score (nSPS) is 10.8. The number of ether oxygens (including phenoxy) is 2. The van der Waals surface area contributed by atoms with Crippen molar-refractivity contribution in [1.29, 1.82) is 0 Å². The molecule has 0 fully saturated rings. The third kappa shape index (κ3) is 5.03. The highest BCUT2D eigenvalue weighted by Gasteiger charge is 2.13. The maximum atomic E-state index is 14.0. The Hall–Kier alpha value is -3.65. The van der Waals surface area contributed by atoms with E-state index in [-0.39, 0.29) is 22.9 Å². The molecule has 1 N–H and O–H groups in total. The van der Waals surface area contributed by atoms with Gasteiger partial charge in [-0.25, -0.2) is 4.39 Å². The number of halogens is 2. The van der Waals surface area contributed by atoms with Crippen molar-refractivity contribution < 1.29 is 18.8 Å². The molecule has 0 aromatic heterocycles. The lowest BCUT2D eigenvalue weighted by molar-refractivity contribution is -0.384. The van der Waals surface area contributed by atoms with Crippen LogP contribution in [0.4, 0.5) is 15.8 Å². The largest absolute Gasteiger partial charge is 0.493 e. The molecule has 7 nitrogen and oxygen atoms in total. The van der Waals surface area contributed by atoms with Crippen molar-refractivity contribution in [3.63, 3.8) is 0 Å². The molecule has 0 spiro atoms. The van der Waals surface area contributed by atoms with Crippen molar-refractivity contribution in [3.05, 3.63) is 92.7 Å². The Balaban J connectivity index is 1.81. The Labute approximate surface area is 176 Å². The fourth-order valence-electron chi connectivity index (χ4n) is 2.63. The first-order valence-corrected chi connectivity index (χ1v) is 9.13. The smallest absolute Gasteiger partial charge is 0.271 e. The van der Waals surface area contributed by atoms with Gasteiger partial charge >= 0.3 is 0 Å². The van der Waals surface area contributed by atoms with E-state index in [0.717, 1.165) is 0 Å². The molecule has 0 aliphatic carbocycles. The molecule has 3 aromatic rings. The van der Waals surface area contributed by atoms with E-state index >= 15 is 0 Å². The molecule has 3 rings (SSSR count). The third-order valence-electron chi connectivity index (χ3n) is 4.11. The molecule has 0 saturated carbocycles. The highest BCUT2D eigenvalue weighted by molar-refractivity contribution is 6.31. The maximum Gasteiger partial charge on any atom is 0.271 e. The van der Waals surface area contributed by atoms with E-state index in [0.29, 0.717) is 22.7 Å². The fourth-order valence-corrected chi connectivity index (χ4v) is 2.85. The molecule has 9 heteroatoms. The zero-order chi connectivity index (χ0) is 21.5. The summed E-state index contributed by atoms with van der Waals surface area (Å²) in [5.41, 5.74) is 3.91. The van der Waals surface area contributed by atoms with Gasteiger partial charge in [0, 0.05) is 23.3 Å². The van der Waals surface area contributed by atoms with Crippen molar-refractivity contribution in [2.24, 2.45) is 5.10 Å². The van der Waals surface area contributed by atoms with Crippen molar-refractivity contribution in [3.8, 4) is 11.5 Å². The summed E-state index contributed by atoms with van der Waals surface area (Å²) in [6.45, 7) is -0.106. The van der Waals surface area contributed by atoms with Crippen LogP contribution in [0.1, 0.15) is 11.1 Å². The van der Waals surface area contributed by atoms with Gasteiger partial charge in [0.25, 0.3) is 5.69 Å². The number of nitrogens with zero attached hydrogens (tertiary/aromatic N) is 2. The minimum absolute atomic E-state index is 0.0534. The van der Waals surface area contributed by atoms with Crippen molar-refractivity contribution in [2.75, 3.05) is 12.5 Å². The van der Waals surface area contributed by atoms with Gasteiger partial charge in [0.05, 0.1) is 29.0 Å². The molecule has 0 unspecified atom stereocenters. The van der Waals surface area contributed by atoms with E-state index in [1.807, 2.05) is 0 Å². The van der Waals surface area contributed by atoms with E-state index < -0.39 is 10.7 Å². The van der Waals surface area contributed by atoms with Crippen LogP contribution in [-0.2, 0) is 6.61 Å². The van der Waals surface area contributed by atoms with Crippen LogP contribution in [0, 0.1) is 15.9 Å². The lowest BCUT2D eigenvalue weighted by Gasteiger charge is -2.14. The molecule has 3 aromatic carbocycles. The SMILES string of the molecule is COc1cccc(C=NNc2cccc([N+](=O)[O-])c2)c1OCc1c(F)cccc1Cl. The van der Waals surface area contributed by atoms with Crippen LogP contribution < -0.4 is 14.9 Å². The predicted molar refractivity (Wildman–Crippen MR) is 113 cm³/mol. The van der Waals surface area contributed by atoms with Crippen LogP contribution in [0.3, 0.4) is 0 Å². The summed E-state index contributed by atoms with van der Waals surface area (Å²) in [6.07, 6.45) is 1.47. The zero-order valence-electron chi connectivity index (χ0n) is 15.8. The molecule has 0 saturated heterocycles. The molecular weight excluding hydrogens is 413 g/mol. The second-order valence-corrected chi connectivity index (χ2v) is 6.45. The average Bonchev–Trinajstić information content (AvgIpc) is 2.74. The van der Waals surface area contributed by atoms with Crippen molar-refractivity contribution in [2.45, 2.75) is 6.61 Å². The molecule has 0 amide bonds. The Morgan fingerprint density at radius 1 is 1.20 bits per heavy atom. The molecular formula is C21H17ClFN3O4. The monoisotopic (exact) mass is 429 g/mol.